The number of benzene rings is 1. The molecule has 17 heavy (non-hydrogen) atoms. The molecule has 0 amide bonds. The second-order valence-electron chi connectivity index (χ2n) is 3.55. The first-order valence-corrected chi connectivity index (χ1v) is 6.25. The molecule has 0 unspecified atom stereocenters. The van der Waals surface area contributed by atoms with Crippen molar-refractivity contribution < 1.29 is 4.74 Å². The van der Waals surface area contributed by atoms with Crippen molar-refractivity contribution in [2.75, 3.05) is 7.11 Å². The Morgan fingerprint density at radius 3 is 2.88 bits per heavy atom. The van der Waals surface area contributed by atoms with Crippen molar-refractivity contribution in [3.05, 3.63) is 41.0 Å². The Morgan fingerprint density at radius 1 is 1.29 bits per heavy atom. The van der Waals surface area contributed by atoms with E-state index in [9.17, 15) is 0 Å². The molecule has 0 saturated carbocycles. The minimum absolute atomic E-state index is 0.735. The number of imidazole rings is 1. The summed E-state index contributed by atoms with van der Waals surface area (Å²) in [5.74, 6) is 0.823. The van der Waals surface area contributed by atoms with Gasteiger partial charge in [-0.2, -0.15) is 0 Å². The van der Waals surface area contributed by atoms with Gasteiger partial charge in [-0.15, -0.1) is 0 Å². The lowest BCUT2D eigenvalue weighted by molar-refractivity contribution is 0.416. The van der Waals surface area contributed by atoms with E-state index < -0.39 is 0 Å². The third-order valence-corrected chi connectivity index (χ3v) is 3.62. The number of fused-ring (bicyclic) bond motifs is 1. The molecule has 5 heteroatoms. The van der Waals surface area contributed by atoms with Crippen LogP contribution in [0.4, 0.5) is 0 Å². The number of thiazole rings is 1. The van der Waals surface area contributed by atoms with Crippen LogP contribution in [0.5, 0.6) is 5.75 Å². The fourth-order valence-corrected chi connectivity index (χ4v) is 2.76. The van der Waals surface area contributed by atoms with Crippen molar-refractivity contribution >= 4 is 27.9 Å². The molecule has 0 fully saturated rings. The Balaban J connectivity index is 2.16. The second kappa shape index (κ2) is 4.05. The number of rotatable bonds is 2. The molecule has 2 heterocycles. The highest BCUT2D eigenvalue weighted by molar-refractivity contribution is 7.20. The lowest BCUT2D eigenvalue weighted by Crippen LogP contribution is -1.86. The predicted molar refractivity (Wildman–Crippen MR) is 70.1 cm³/mol. The topological polar surface area (TPSA) is 26.5 Å². The zero-order valence-electron chi connectivity index (χ0n) is 9.05. The average Bonchev–Trinajstić information content (AvgIpc) is 2.86. The molecular formula is C12H9ClN2OS. The molecule has 86 valence electrons. The van der Waals surface area contributed by atoms with E-state index in [1.54, 1.807) is 7.11 Å². The van der Waals surface area contributed by atoms with E-state index in [2.05, 4.69) is 4.98 Å². The molecule has 1 aromatic carbocycles. The number of nitrogens with zero attached hydrogens (tertiary/aromatic N) is 2. The van der Waals surface area contributed by atoms with Crippen LogP contribution in [0, 0.1) is 0 Å². The maximum absolute atomic E-state index is 5.91. The van der Waals surface area contributed by atoms with Gasteiger partial charge in [-0.05, 0) is 12.1 Å². The third-order valence-electron chi connectivity index (χ3n) is 2.51. The standard InChI is InChI=1S/C12H9ClN2OS/c1-16-10-5-3-2-4-8(10)9-6-15-7-11(13)17-12(15)14-9/h2-7H,1H3. The summed E-state index contributed by atoms with van der Waals surface area (Å²) in [5, 5.41) is 0. The van der Waals surface area contributed by atoms with Gasteiger partial charge >= 0.3 is 0 Å². The van der Waals surface area contributed by atoms with E-state index in [0.717, 1.165) is 26.3 Å². The Kier molecular flexibility index (Phi) is 2.53. The zero-order valence-corrected chi connectivity index (χ0v) is 10.6. The molecule has 0 atom stereocenters. The molecule has 3 nitrogen and oxygen atoms in total. The maximum Gasteiger partial charge on any atom is 0.195 e. The molecular weight excluding hydrogens is 256 g/mol. The van der Waals surface area contributed by atoms with E-state index in [1.807, 2.05) is 41.1 Å². The number of aromatic nitrogens is 2. The van der Waals surface area contributed by atoms with Crippen molar-refractivity contribution in [1.82, 2.24) is 9.38 Å². The smallest absolute Gasteiger partial charge is 0.195 e. The van der Waals surface area contributed by atoms with E-state index in [4.69, 9.17) is 16.3 Å². The van der Waals surface area contributed by atoms with Crippen LogP contribution in [-0.2, 0) is 0 Å². The molecule has 0 radical (unpaired) electrons. The fraction of sp³-hybridized carbons (Fsp3) is 0.0833. The van der Waals surface area contributed by atoms with E-state index in [-0.39, 0.29) is 0 Å². The lowest BCUT2D eigenvalue weighted by Gasteiger charge is -2.04. The number of para-hydroxylation sites is 1. The van der Waals surface area contributed by atoms with Crippen LogP contribution in [0.3, 0.4) is 0 Å². The Morgan fingerprint density at radius 2 is 2.12 bits per heavy atom. The number of ether oxygens (including phenoxy) is 1. The van der Waals surface area contributed by atoms with Crippen LogP contribution in [0.15, 0.2) is 36.7 Å². The summed E-state index contributed by atoms with van der Waals surface area (Å²) in [7, 11) is 1.66. The van der Waals surface area contributed by atoms with Crippen LogP contribution < -0.4 is 4.74 Å². The molecule has 0 spiro atoms. The zero-order chi connectivity index (χ0) is 11.8. The van der Waals surface area contributed by atoms with Gasteiger partial charge in [0.25, 0.3) is 0 Å². The Hall–Kier alpha value is -1.52. The van der Waals surface area contributed by atoms with Crippen LogP contribution in [0.25, 0.3) is 16.2 Å². The largest absolute Gasteiger partial charge is 0.496 e. The summed E-state index contributed by atoms with van der Waals surface area (Å²) < 4.78 is 7.98. The highest BCUT2D eigenvalue weighted by atomic mass is 35.5. The minimum atomic E-state index is 0.735. The summed E-state index contributed by atoms with van der Waals surface area (Å²) >= 11 is 7.37. The number of methoxy groups -OCH3 is 1. The van der Waals surface area contributed by atoms with Crippen molar-refractivity contribution in [3.8, 4) is 17.0 Å². The van der Waals surface area contributed by atoms with Gasteiger partial charge in [-0.25, -0.2) is 4.98 Å². The van der Waals surface area contributed by atoms with Crippen LogP contribution in [0.2, 0.25) is 4.34 Å². The average molecular weight is 265 g/mol. The van der Waals surface area contributed by atoms with Crippen molar-refractivity contribution in [2.45, 2.75) is 0 Å². The maximum atomic E-state index is 5.91. The molecule has 0 aliphatic carbocycles. The Labute approximate surface area is 107 Å². The van der Waals surface area contributed by atoms with Crippen LogP contribution in [-0.4, -0.2) is 16.5 Å². The molecule has 0 aliphatic rings. The molecule has 0 N–H and O–H groups in total. The molecule has 2 aromatic heterocycles. The summed E-state index contributed by atoms with van der Waals surface area (Å²) in [4.78, 5) is 5.41. The molecule has 3 rings (SSSR count). The van der Waals surface area contributed by atoms with Gasteiger partial charge in [0.05, 0.1) is 12.8 Å². The normalized spacial score (nSPS) is 10.9. The summed E-state index contributed by atoms with van der Waals surface area (Å²) in [5.41, 5.74) is 1.88. The predicted octanol–water partition coefficient (Wildman–Crippen LogP) is 3.72. The van der Waals surface area contributed by atoms with Gasteiger partial charge < -0.3 is 4.74 Å². The van der Waals surface area contributed by atoms with Crippen molar-refractivity contribution in [1.29, 1.82) is 0 Å². The number of halogens is 1. The van der Waals surface area contributed by atoms with Gasteiger partial charge in [0.2, 0.25) is 0 Å². The molecule has 0 aliphatic heterocycles. The van der Waals surface area contributed by atoms with Gasteiger partial charge in [-0.1, -0.05) is 35.1 Å². The van der Waals surface area contributed by atoms with Gasteiger partial charge in [0, 0.05) is 18.0 Å². The summed E-state index contributed by atoms with van der Waals surface area (Å²) in [6.45, 7) is 0. The van der Waals surface area contributed by atoms with Crippen molar-refractivity contribution in [2.24, 2.45) is 0 Å². The highest BCUT2D eigenvalue weighted by Crippen LogP contribution is 2.31. The second-order valence-corrected chi connectivity index (χ2v) is 5.19. The minimum Gasteiger partial charge on any atom is -0.496 e. The molecule has 0 bridgehead atoms. The van der Waals surface area contributed by atoms with Crippen LogP contribution in [0.1, 0.15) is 0 Å². The first-order valence-electron chi connectivity index (χ1n) is 5.05. The highest BCUT2D eigenvalue weighted by Gasteiger charge is 2.10. The first kappa shape index (κ1) is 10.6. The molecule has 3 aromatic rings. The van der Waals surface area contributed by atoms with Crippen molar-refractivity contribution in [3.63, 3.8) is 0 Å². The van der Waals surface area contributed by atoms with E-state index in [0.29, 0.717) is 0 Å². The lowest BCUT2D eigenvalue weighted by atomic mass is 10.1. The third kappa shape index (κ3) is 1.79. The molecule has 0 saturated heterocycles. The van der Waals surface area contributed by atoms with E-state index >= 15 is 0 Å². The van der Waals surface area contributed by atoms with Gasteiger partial charge in [0.1, 0.15) is 10.1 Å². The van der Waals surface area contributed by atoms with Gasteiger partial charge in [0.15, 0.2) is 4.96 Å². The van der Waals surface area contributed by atoms with E-state index in [1.165, 1.54) is 11.3 Å². The first-order chi connectivity index (χ1) is 8.28. The summed E-state index contributed by atoms with van der Waals surface area (Å²) in [6.07, 6.45) is 3.81. The SMILES string of the molecule is COc1ccccc1-c1cn2cc(Cl)sc2n1. The van der Waals surface area contributed by atoms with Crippen LogP contribution >= 0.6 is 22.9 Å². The Bertz CT molecular complexity index is 643. The fourth-order valence-electron chi connectivity index (χ4n) is 1.75. The summed E-state index contributed by atoms with van der Waals surface area (Å²) in [6, 6.07) is 7.83. The quantitative estimate of drug-likeness (QED) is 0.705. The number of hydrogen-bond donors (Lipinski definition) is 0. The number of hydrogen-bond acceptors (Lipinski definition) is 3. The monoisotopic (exact) mass is 264 g/mol. The van der Waals surface area contributed by atoms with Gasteiger partial charge in [-0.3, -0.25) is 4.40 Å².